The van der Waals surface area contributed by atoms with E-state index in [0.29, 0.717) is 5.56 Å². The monoisotopic (exact) mass is 291 g/mol. The molecule has 0 saturated carbocycles. The second-order valence-corrected chi connectivity index (χ2v) is 5.89. The fourth-order valence-electron chi connectivity index (χ4n) is 2.13. The lowest BCUT2D eigenvalue weighted by molar-refractivity contribution is -0.137. The number of esters is 1. The first-order chi connectivity index (χ1) is 9.54. The minimum absolute atomic E-state index is 0.0360. The first-order valence-corrected chi connectivity index (χ1v) is 7.39. The van der Waals surface area contributed by atoms with Gasteiger partial charge in [0.2, 0.25) is 0 Å². The molecule has 0 aliphatic rings. The fraction of sp³-hybridized carbons (Fsp3) is 0.333. The lowest BCUT2D eigenvalue weighted by Crippen LogP contribution is -2.17. The molecule has 0 unspecified atom stereocenters. The lowest BCUT2D eigenvalue weighted by atomic mass is 10.1. The Kier molecular flexibility index (Phi) is 4.49. The Morgan fingerprint density at radius 1 is 1.35 bits per heavy atom. The number of fused-ring (bicyclic) bond motifs is 1. The van der Waals surface area contributed by atoms with Gasteiger partial charge in [-0.05, 0) is 19.9 Å². The number of rotatable bonds is 5. The number of carbonyl (C=O) groups excluding carboxylic acids is 2. The van der Waals surface area contributed by atoms with Crippen LogP contribution in [0.25, 0.3) is 10.9 Å². The minimum Gasteiger partial charge on any atom is -0.468 e. The molecule has 4 nitrogen and oxygen atoms in total. The summed E-state index contributed by atoms with van der Waals surface area (Å²) < 4.78 is 4.59. The van der Waals surface area contributed by atoms with E-state index >= 15 is 0 Å². The molecule has 1 N–H and O–H groups in total. The number of aryl methyl sites for hydroxylation is 1. The maximum atomic E-state index is 12.5. The van der Waals surface area contributed by atoms with Crippen molar-refractivity contribution in [2.45, 2.75) is 19.1 Å². The van der Waals surface area contributed by atoms with Crippen LogP contribution in [0.15, 0.2) is 24.3 Å². The molecule has 1 atom stereocenters. The van der Waals surface area contributed by atoms with Gasteiger partial charge in [0.05, 0.1) is 18.1 Å². The maximum Gasteiger partial charge on any atom is 0.315 e. The number of benzene rings is 1. The van der Waals surface area contributed by atoms with Crippen molar-refractivity contribution < 1.29 is 14.3 Å². The second-order valence-electron chi connectivity index (χ2n) is 4.56. The summed E-state index contributed by atoms with van der Waals surface area (Å²) in [5, 5.41) is 0.646. The summed E-state index contributed by atoms with van der Waals surface area (Å²) in [5.74, 6) is -0.0932. The third-order valence-corrected chi connectivity index (χ3v) is 4.30. The minimum atomic E-state index is -0.315. The molecule has 0 amide bonds. The van der Waals surface area contributed by atoms with Crippen molar-refractivity contribution in [3.63, 3.8) is 0 Å². The number of ether oxygens (including phenoxy) is 1. The van der Waals surface area contributed by atoms with Crippen molar-refractivity contribution in [3.05, 3.63) is 35.5 Å². The van der Waals surface area contributed by atoms with Crippen molar-refractivity contribution in [1.29, 1.82) is 0 Å². The van der Waals surface area contributed by atoms with E-state index in [9.17, 15) is 9.59 Å². The van der Waals surface area contributed by atoms with Crippen LogP contribution in [-0.2, 0) is 9.53 Å². The molecule has 1 aromatic carbocycles. The SMILES string of the molecule is COC(=O)CS[C@H](C)C(=O)c1c(C)[nH]c2ccccc12. The molecule has 0 radical (unpaired) electrons. The van der Waals surface area contributed by atoms with Gasteiger partial charge in [-0.2, -0.15) is 0 Å². The van der Waals surface area contributed by atoms with Gasteiger partial charge in [0, 0.05) is 22.2 Å². The van der Waals surface area contributed by atoms with Crippen molar-refractivity contribution in [2.24, 2.45) is 0 Å². The van der Waals surface area contributed by atoms with E-state index < -0.39 is 0 Å². The zero-order chi connectivity index (χ0) is 14.7. The first-order valence-electron chi connectivity index (χ1n) is 6.34. The quantitative estimate of drug-likeness (QED) is 0.679. The molecule has 0 aliphatic heterocycles. The number of thioether (sulfide) groups is 1. The van der Waals surface area contributed by atoms with Gasteiger partial charge in [0.1, 0.15) is 0 Å². The largest absolute Gasteiger partial charge is 0.468 e. The number of carbonyl (C=O) groups is 2. The Balaban J connectivity index is 2.22. The Labute approximate surface area is 121 Å². The predicted octanol–water partition coefficient (Wildman–Crippen LogP) is 2.95. The Morgan fingerprint density at radius 2 is 2.05 bits per heavy atom. The molecule has 0 saturated heterocycles. The molecule has 0 aliphatic carbocycles. The van der Waals surface area contributed by atoms with Crippen LogP contribution in [0.1, 0.15) is 23.0 Å². The van der Waals surface area contributed by atoms with Crippen molar-refractivity contribution in [3.8, 4) is 0 Å². The number of H-pyrrole nitrogens is 1. The van der Waals surface area contributed by atoms with Gasteiger partial charge in [0.25, 0.3) is 0 Å². The Morgan fingerprint density at radius 3 is 2.75 bits per heavy atom. The van der Waals surface area contributed by atoms with E-state index in [4.69, 9.17) is 0 Å². The Hall–Kier alpha value is -1.75. The van der Waals surface area contributed by atoms with Crippen LogP contribution in [0, 0.1) is 6.92 Å². The Bertz CT molecular complexity index is 648. The van der Waals surface area contributed by atoms with Gasteiger partial charge in [-0.15, -0.1) is 11.8 Å². The van der Waals surface area contributed by atoms with Crippen LogP contribution in [0.2, 0.25) is 0 Å². The number of ketones is 1. The van der Waals surface area contributed by atoms with Crippen molar-refractivity contribution in [1.82, 2.24) is 4.98 Å². The zero-order valence-electron chi connectivity index (χ0n) is 11.7. The average Bonchev–Trinajstić information content (AvgIpc) is 2.79. The van der Waals surface area contributed by atoms with Crippen molar-refractivity contribution in [2.75, 3.05) is 12.9 Å². The van der Waals surface area contributed by atoms with Crippen LogP contribution >= 0.6 is 11.8 Å². The number of aromatic nitrogens is 1. The third-order valence-electron chi connectivity index (χ3n) is 3.19. The summed E-state index contributed by atoms with van der Waals surface area (Å²) in [6.45, 7) is 3.71. The highest BCUT2D eigenvalue weighted by Gasteiger charge is 2.22. The fourth-order valence-corrected chi connectivity index (χ4v) is 2.90. The summed E-state index contributed by atoms with van der Waals surface area (Å²) in [4.78, 5) is 26.9. The lowest BCUT2D eigenvalue weighted by Gasteiger charge is -2.09. The number of aromatic amines is 1. The highest BCUT2D eigenvalue weighted by Crippen LogP contribution is 2.26. The number of Topliss-reactive ketones (excluding diaryl/α,β-unsaturated/α-hetero) is 1. The summed E-state index contributed by atoms with van der Waals surface area (Å²) in [7, 11) is 1.35. The summed E-state index contributed by atoms with van der Waals surface area (Å²) in [6.07, 6.45) is 0. The molecule has 1 heterocycles. The molecule has 20 heavy (non-hydrogen) atoms. The van der Waals surface area contributed by atoms with Crippen molar-refractivity contribution >= 4 is 34.4 Å². The first kappa shape index (κ1) is 14.7. The van der Waals surface area contributed by atoms with Crippen LogP contribution in [-0.4, -0.2) is 34.8 Å². The number of para-hydroxylation sites is 1. The standard InChI is InChI=1S/C15H17NO3S/c1-9-14(11-6-4-5-7-12(11)16-9)15(18)10(2)20-8-13(17)19-3/h4-7,10,16H,8H2,1-3H3/t10-/m1/s1. The maximum absolute atomic E-state index is 12.5. The van der Waals surface area contributed by atoms with Crippen LogP contribution in [0.5, 0.6) is 0 Å². The van der Waals surface area contributed by atoms with Crippen LogP contribution in [0.4, 0.5) is 0 Å². The zero-order valence-corrected chi connectivity index (χ0v) is 12.5. The molecule has 0 spiro atoms. The molecule has 2 aromatic rings. The number of hydrogen-bond donors (Lipinski definition) is 1. The highest BCUT2D eigenvalue weighted by atomic mass is 32.2. The van der Waals surface area contributed by atoms with E-state index in [1.165, 1.54) is 18.9 Å². The summed E-state index contributed by atoms with van der Waals surface area (Å²) >= 11 is 1.29. The van der Waals surface area contributed by atoms with E-state index in [0.717, 1.165) is 16.6 Å². The van der Waals surface area contributed by atoms with Gasteiger partial charge in [0.15, 0.2) is 5.78 Å². The van der Waals surface area contributed by atoms with Gasteiger partial charge < -0.3 is 9.72 Å². The summed E-state index contributed by atoms with van der Waals surface area (Å²) in [6, 6.07) is 7.73. The highest BCUT2D eigenvalue weighted by molar-refractivity contribution is 8.01. The molecule has 0 fully saturated rings. The van der Waals surface area contributed by atoms with Gasteiger partial charge in [-0.1, -0.05) is 18.2 Å². The van der Waals surface area contributed by atoms with Crippen LogP contribution < -0.4 is 0 Å². The molecular weight excluding hydrogens is 274 g/mol. The number of nitrogens with one attached hydrogen (secondary N) is 1. The molecule has 1 aromatic heterocycles. The van der Waals surface area contributed by atoms with E-state index in [1.807, 2.05) is 38.1 Å². The molecule has 0 bridgehead atoms. The molecule has 5 heteroatoms. The topological polar surface area (TPSA) is 59.2 Å². The molecular formula is C15H17NO3S. The molecule has 2 rings (SSSR count). The average molecular weight is 291 g/mol. The second kappa shape index (κ2) is 6.13. The van der Waals surface area contributed by atoms with E-state index in [-0.39, 0.29) is 22.8 Å². The number of methoxy groups -OCH3 is 1. The van der Waals surface area contributed by atoms with Gasteiger partial charge >= 0.3 is 5.97 Å². The number of hydrogen-bond acceptors (Lipinski definition) is 4. The van der Waals surface area contributed by atoms with Crippen LogP contribution in [0.3, 0.4) is 0 Å². The predicted molar refractivity (Wildman–Crippen MR) is 81.3 cm³/mol. The van der Waals surface area contributed by atoms with E-state index in [1.54, 1.807) is 0 Å². The molecule has 106 valence electrons. The van der Waals surface area contributed by atoms with E-state index in [2.05, 4.69) is 9.72 Å². The summed E-state index contributed by atoms with van der Waals surface area (Å²) in [5.41, 5.74) is 2.53. The smallest absolute Gasteiger partial charge is 0.315 e. The van der Waals surface area contributed by atoms with Gasteiger partial charge in [-0.25, -0.2) is 0 Å². The third kappa shape index (κ3) is 2.88. The normalized spacial score (nSPS) is 12.3. The van der Waals surface area contributed by atoms with Gasteiger partial charge in [-0.3, -0.25) is 9.59 Å².